The average Bonchev–Trinajstić information content (AvgIpc) is 2.22. The molecule has 0 fully saturated rings. The summed E-state index contributed by atoms with van der Waals surface area (Å²) in [4.78, 5) is 14.8. The lowest BCUT2D eigenvalue weighted by atomic mass is 10.1. The van der Waals surface area contributed by atoms with Crippen LogP contribution in [0.25, 0.3) is 0 Å². The molecule has 1 aromatic rings. The van der Waals surface area contributed by atoms with Crippen molar-refractivity contribution in [1.29, 1.82) is 0 Å². The topological polar surface area (TPSA) is 39.2 Å². The summed E-state index contributed by atoms with van der Waals surface area (Å²) in [5, 5.41) is -0.278. The maximum absolute atomic E-state index is 12.5. The number of hydrogen-bond donors (Lipinski definition) is 0. The quantitative estimate of drug-likeness (QED) is 0.611. The van der Waals surface area contributed by atoms with Crippen LogP contribution >= 0.6 is 11.6 Å². The molecule has 1 aromatic heterocycles. The largest absolute Gasteiger partial charge is 0.469 e. The lowest BCUT2D eigenvalue weighted by Gasteiger charge is -2.08. The molecular weight excluding hydrogens is 240 g/mol. The van der Waals surface area contributed by atoms with Crippen LogP contribution in [0.15, 0.2) is 6.07 Å². The second kappa shape index (κ2) is 5.21. The van der Waals surface area contributed by atoms with Crippen LogP contribution in [0.4, 0.5) is 8.78 Å². The number of pyridine rings is 1. The van der Waals surface area contributed by atoms with Crippen LogP contribution in [-0.2, 0) is 16.0 Å². The van der Waals surface area contributed by atoms with Crippen molar-refractivity contribution in [1.82, 2.24) is 4.98 Å². The second-order valence-corrected chi connectivity index (χ2v) is 3.54. The van der Waals surface area contributed by atoms with Gasteiger partial charge in [0.1, 0.15) is 5.15 Å². The molecule has 0 radical (unpaired) electrons. The number of rotatable bonds is 3. The molecule has 0 amide bonds. The van der Waals surface area contributed by atoms with E-state index in [9.17, 15) is 13.6 Å². The number of hydrogen-bond acceptors (Lipinski definition) is 3. The zero-order valence-electron chi connectivity index (χ0n) is 8.76. The molecule has 0 aliphatic rings. The zero-order valence-corrected chi connectivity index (χ0v) is 9.52. The van der Waals surface area contributed by atoms with Crippen LogP contribution in [0.1, 0.15) is 23.2 Å². The van der Waals surface area contributed by atoms with Crippen molar-refractivity contribution in [3.05, 3.63) is 28.0 Å². The first-order chi connectivity index (χ1) is 7.45. The third-order valence-electron chi connectivity index (χ3n) is 2.07. The van der Waals surface area contributed by atoms with E-state index in [-0.39, 0.29) is 17.1 Å². The van der Waals surface area contributed by atoms with Crippen molar-refractivity contribution in [2.24, 2.45) is 0 Å². The molecule has 0 saturated carbocycles. The van der Waals surface area contributed by atoms with E-state index in [0.29, 0.717) is 11.3 Å². The monoisotopic (exact) mass is 249 g/mol. The van der Waals surface area contributed by atoms with Gasteiger partial charge in [0.15, 0.2) is 0 Å². The van der Waals surface area contributed by atoms with E-state index in [4.69, 9.17) is 11.6 Å². The summed E-state index contributed by atoms with van der Waals surface area (Å²) in [5.41, 5.74) is 0.513. The highest BCUT2D eigenvalue weighted by atomic mass is 35.5. The average molecular weight is 250 g/mol. The highest BCUT2D eigenvalue weighted by molar-refractivity contribution is 6.30. The number of carbonyl (C=O) groups is 1. The maximum Gasteiger partial charge on any atom is 0.311 e. The van der Waals surface area contributed by atoms with E-state index in [1.54, 1.807) is 6.92 Å². The molecular formula is C10H10ClF2NO2. The van der Waals surface area contributed by atoms with Crippen molar-refractivity contribution in [2.45, 2.75) is 19.8 Å². The normalized spacial score (nSPS) is 10.6. The van der Waals surface area contributed by atoms with Gasteiger partial charge < -0.3 is 4.74 Å². The van der Waals surface area contributed by atoms with E-state index >= 15 is 0 Å². The molecule has 0 saturated heterocycles. The van der Waals surface area contributed by atoms with Gasteiger partial charge in [-0.15, -0.1) is 0 Å². The van der Waals surface area contributed by atoms with Crippen LogP contribution in [0.3, 0.4) is 0 Å². The lowest BCUT2D eigenvalue weighted by Crippen LogP contribution is -2.08. The Balaban J connectivity index is 3.05. The van der Waals surface area contributed by atoms with Crippen LogP contribution in [0.2, 0.25) is 5.15 Å². The number of ether oxygens (including phenoxy) is 1. The summed E-state index contributed by atoms with van der Waals surface area (Å²) < 4.78 is 29.4. The van der Waals surface area contributed by atoms with E-state index in [2.05, 4.69) is 9.72 Å². The molecule has 1 rings (SSSR count). The van der Waals surface area contributed by atoms with Gasteiger partial charge in [-0.05, 0) is 18.6 Å². The number of alkyl halides is 2. The Bertz CT molecular complexity index is 410. The third kappa shape index (κ3) is 2.88. The van der Waals surface area contributed by atoms with Crippen molar-refractivity contribution < 1.29 is 18.3 Å². The number of aromatic nitrogens is 1. The molecule has 1 heterocycles. The predicted octanol–water partition coefficient (Wildman–Crippen LogP) is 2.70. The Morgan fingerprint density at radius 3 is 2.75 bits per heavy atom. The minimum absolute atomic E-state index is 0.0778. The first-order valence-corrected chi connectivity index (χ1v) is 4.84. The number of aryl methyl sites for hydroxylation is 1. The Hall–Kier alpha value is -1.23. The van der Waals surface area contributed by atoms with E-state index in [1.165, 1.54) is 13.2 Å². The first kappa shape index (κ1) is 12.8. The van der Waals surface area contributed by atoms with Crippen LogP contribution in [-0.4, -0.2) is 18.1 Å². The summed E-state index contributed by atoms with van der Waals surface area (Å²) in [5.74, 6) is -0.489. The van der Waals surface area contributed by atoms with E-state index < -0.39 is 12.4 Å². The Morgan fingerprint density at radius 2 is 2.25 bits per heavy atom. The summed E-state index contributed by atoms with van der Waals surface area (Å²) in [6.07, 6.45) is -2.75. The highest BCUT2D eigenvalue weighted by Gasteiger charge is 2.17. The summed E-state index contributed by atoms with van der Waals surface area (Å²) >= 11 is 5.58. The van der Waals surface area contributed by atoms with Gasteiger partial charge in [-0.1, -0.05) is 11.6 Å². The molecule has 0 bridgehead atoms. The molecule has 16 heavy (non-hydrogen) atoms. The van der Waals surface area contributed by atoms with Crippen molar-refractivity contribution in [2.75, 3.05) is 7.11 Å². The number of nitrogens with zero attached hydrogens (tertiary/aromatic N) is 1. The summed E-state index contributed by atoms with van der Waals surface area (Å²) in [7, 11) is 1.24. The van der Waals surface area contributed by atoms with Crippen molar-refractivity contribution in [3.8, 4) is 0 Å². The standard InChI is InChI=1S/C10H10ClF2NO2/c1-5-3-6(10(12)13)9(11)14-7(5)4-8(15)16-2/h3,10H,4H2,1-2H3. The van der Waals surface area contributed by atoms with Gasteiger partial charge in [-0.2, -0.15) is 0 Å². The van der Waals surface area contributed by atoms with Gasteiger partial charge in [-0.3, -0.25) is 4.79 Å². The number of halogens is 3. The molecule has 0 aromatic carbocycles. The predicted molar refractivity (Wildman–Crippen MR) is 54.7 cm³/mol. The maximum atomic E-state index is 12.5. The number of methoxy groups -OCH3 is 1. The van der Waals surface area contributed by atoms with Crippen LogP contribution in [0, 0.1) is 6.92 Å². The molecule has 0 N–H and O–H groups in total. The summed E-state index contributed by atoms with van der Waals surface area (Å²) in [6.45, 7) is 1.59. The molecule has 88 valence electrons. The minimum Gasteiger partial charge on any atom is -0.469 e. The van der Waals surface area contributed by atoms with Crippen molar-refractivity contribution >= 4 is 17.6 Å². The SMILES string of the molecule is COC(=O)Cc1nc(Cl)c(C(F)F)cc1C. The molecule has 0 atom stereocenters. The smallest absolute Gasteiger partial charge is 0.311 e. The third-order valence-corrected chi connectivity index (χ3v) is 2.38. The molecule has 0 spiro atoms. The lowest BCUT2D eigenvalue weighted by molar-refractivity contribution is -0.139. The first-order valence-electron chi connectivity index (χ1n) is 4.46. The Labute approximate surface area is 96.4 Å². The Kier molecular flexibility index (Phi) is 4.18. The molecule has 0 aliphatic heterocycles. The van der Waals surface area contributed by atoms with Gasteiger partial charge in [-0.25, -0.2) is 13.8 Å². The van der Waals surface area contributed by atoms with Crippen LogP contribution < -0.4 is 0 Å². The van der Waals surface area contributed by atoms with Gasteiger partial charge >= 0.3 is 5.97 Å². The van der Waals surface area contributed by atoms with E-state index in [0.717, 1.165) is 0 Å². The second-order valence-electron chi connectivity index (χ2n) is 3.19. The Morgan fingerprint density at radius 1 is 1.62 bits per heavy atom. The van der Waals surface area contributed by atoms with Gasteiger partial charge in [0.2, 0.25) is 0 Å². The van der Waals surface area contributed by atoms with Gasteiger partial charge in [0.05, 0.1) is 24.8 Å². The number of carbonyl (C=O) groups excluding carboxylic acids is 1. The number of esters is 1. The zero-order chi connectivity index (χ0) is 12.3. The van der Waals surface area contributed by atoms with Gasteiger partial charge in [0.25, 0.3) is 6.43 Å². The minimum atomic E-state index is -2.68. The molecule has 3 nitrogen and oxygen atoms in total. The fourth-order valence-corrected chi connectivity index (χ4v) is 1.43. The molecule has 0 unspecified atom stereocenters. The van der Waals surface area contributed by atoms with Gasteiger partial charge in [0, 0.05) is 0 Å². The highest BCUT2D eigenvalue weighted by Crippen LogP contribution is 2.27. The van der Waals surface area contributed by atoms with Crippen molar-refractivity contribution in [3.63, 3.8) is 0 Å². The van der Waals surface area contributed by atoms with E-state index in [1.807, 2.05) is 0 Å². The summed E-state index contributed by atoms with van der Waals surface area (Å²) in [6, 6.07) is 1.23. The fraction of sp³-hybridized carbons (Fsp3) is 0.400. The molecule has 6 heteroatoms. The molecule has 0 aliphatic carbocycles. The van der Waals surface area contributed by atoms with Crippen LogP contribution in [0.5, 0.6) is 0 Å². The fourth-order valence-electron chi connectivity index (χ4n) is 1.19.